The number of ketones is 1. The third-order valence-electron chi connectivity index (χ3n) is 1.78. The van der Waals surface area contributed by atoms with Gasteiger partial charge in [-0.15, -0.1) is 0 Å². The zero-order chi connectivity index (χ0) is 11.0. The molecular formula is C11H23NO2. The number of carbonyl (C=O) groups is 1. The molecule has 0 aliphatic heterocycles. The van der Waals surface area contributed by atoms with Crippen LogP contribution in [0.1, 0.15) is 40.5 Å². The van der Waals surface area contributed by atoms with Crippen LogP contribution in [0.15, 0.2) is 0 Å². The first-order valence-corrected chi connectivity index (χ1v) is 5.30. The predicted octanol–water partition coefficient (Wildman–Crippen LogP) is 1.76. The highest BCUT2D eigenvalue weighted by molar-refractivity contribution is 5.79. The lowest BCUT2D eigenvalue weighted by Gasteiger charge is -2.20. The fourth-order valence-electron chi connectivity index (χ4n) is 0.926. The minimum absolute atomic E-state index is 0.166. The zero-order valence-electron chi connectivity index (χ0n) is 9.85. The van der Waals surface area contributed by atoms with Crippen molar-refractivity contribution in [2.75, 3.05) is 19.8 Å². The van der Waals surface area contributed by atoms with Crippen molar-refractivity contribution in [2.24, 2.45) is 0 Å². The topological polar surface area (TPSA) is 38.3 Å². The van der Waals surface area contributed by atoms with Gasteiger partial charge in [0.2, 0.25) is 0 Å². The Bertz CT molecular complexity index is 161. The van der Waals surface area contributed by atoms with E-state index in [9.17, 15) is 4.79 Å². The van der Waals surface area contributed by atoms with E-state index in [2.05, 4.69) is 26.1 Å². The first-order chi connectivity index (χ1) is 6.45. The molecule has 0 bridgehead atoms. The number of nitrogens with one attached hydrogen (secondary N) is 1. The molecule has 1 N–H and O–H groups in total. The number of Topliss-reactive ketones (excluding diaryl/α,β-unsaturated/α-hetero) is 1. The van der Waals surface area contributed by atoms with Gasteiger partial charge in [0.25, 0.3) is 0 Å². The normalized spacial score (nSPS) is 11.7. The van der Waals surface area contributed by atoms with E-state index in [0.717, 1.165) is 13.0 Å². The number of ether oxygens (including phenoxy) is 1. The summed E-state index contributed by atoms with van der Waals surface area (Å²) in [5.41, 5.74) is 0.166. The third-order valence-corrected chi connectivity index (χ3v) is 1.78. The summed E-state index contributed by atoms with van der Waals surface area (Å²) < 4.78 is 5.21. The molecule has 3 nitrogen and oxygen atoms in total. The number of hydrogen-bond acceptors (Lipinski definition) is 3. The number of carbonyl (C=O) groups excluding carboxylic acids is 1. The Kier molecular flexibility index (Phi) is 6.75. The average Bonchev–Trinajstić information content (AvgIpc) is 2.08. The van der Waals surface area contributed by atoms with Gasteiger partial charge < -0.3 is 10.1 Å². The van der Waals surface area contributed by atoms with Crippen molar-refractivity contribution in [3.63, 3.8) is 0 Å². The molecule has 3 heteroatoms. The standard InChI is InChI=1S/C11H23NO2/c1-5-10(13)9-14-8-6-7-12-11(2,3)4/h12H,5-9H2,1-4H3. The van der Waals surface area contributed by atoms with Gasteiger partial charge in [-0.25, -0.2) is 0 Å². The number of rotatable bonds is 7. The molecule has 0 rings (SSSR count). The predicted molar refractivity (Wildman–Crippen MR) is 58.5 cm³/mol. The summed E-state index contributed by atoms with van der Waals surface area (Å²) >= 11 is 0. The van der Waals surface area contributed by atoms with Crippen LogP contribution in [0.3, 0.4) is 0 Å². The Balaban J connectivity index is 3.18. The Hall–Kier alpha value is -0.410. The molecule has 0 aromatic carbocycles. The van der Waals surface area contributed by atoms with Crippen LogP contribution in [0.2, 0.25) is 0 Å². The van der Waals surface area contributed by atoms with Crippen LogP contribution in [0.25, 0.3) is 0 Å². The van der Waals surface area contributed by atoms with E-state index in [1.165, 1.54) is 0 Å². The van der Waals surface area contributed by atoms with Gasteiger partial charge in [0, 0.05) is 18.6 Å². The molecule has 0 aliphatic rings. The van der Waals surface area contributed by atoms with E-state index in [4.69, 9.17) is 4.74 Å². The third kappa shape index (κ3) is 9.68. The molecule has 0 atom stereocenters. The van der Waals surface area contributed by atoms with Crippen LogP contribution in [0.5, 0.6) is 0 Å². The largest absolute Gasteiger partial charge is 0.374 e. The molecule has 0 amide bonds. The molecule has 84 valence electrons. The molecule has 0 aliphatic carbocycles. The fourth-order valence-corrected chi connectivity index (χ4v) is 0.926. The van der Waals surface area contributed by atoms with E-state index >= 15 is 0 Å². The van der Waals surface area contributed by atoms with Gasteiger partial charge in [-0.05, 0) is 33.7 Å². The van der Waals surface area contributed by atoms with Gasteiger partial charge in [-0.2, -0.15) is 0 Å². The van der Waals surface area contributed by atoms with Crippen molar-refractivity contribution >= 4 is 5.78 Å². The second-order valence-corrected chi connectivity index (χ2v) is 4.48. The van der Waals surface area contributed by atoms with Gasteiger partial charge in [0.05, 0.1) is 0 Å². The van der Waals surface area contributed by atoms with Crippen molar-refractivity contribution in [3.05, 3.63) is 0 Å². The first kappa shape index (κ1) is 13.6. The van der Waals surface area contributed by atoms with Crippen LogP contribution < -0.4 is 5.32 Å². The summed E-state index contributed by atoms with van der Waals surface area (Å²) in [7, 11) is 0. The summed E-state index contributed by atoms with van der Waals surface area (Å²) in [6.07, 6.45) is 1.52. The summed E-state index contributed by atoms with van der Waals surface area (Å²) in [5.74, 6) is 0.175. The Morgan fingerprint density at radius 3 is 2.50 bits per heavy atom. The minimum atomic E-state index is 0.166. The fraction of sp³-hybridized carbons (Fsp3) is 0.909. The Morgan fingerprint density at radius 1 is 1.36 bits per heavy atom. The quantitative estimate of drug-likeness (QED) is 0.638. The minimum Gasteiger partial charge on any atom is -0.374 e. The molecule has 14 heavy (non-hydrogen) atoms. The molecule has 0 saturated heterocycles. The maximum Gasteiger partial charge on any atom is 0.158 e. The van der Waals surface area contributed by atoms with E-state index in [1.54, 1.807) is 0 Å². The monoisotopic (exact) mass is 201 g/mol. The first-order valence-electron chi connectivity index (χ1n) is 5.30. The van der Waals surface area contributed by atoms with Crippen LogP contribution in [0, 0.1) is 0 Å². The van der Waals surface area contributed by atoms with E-state index in [0.29, 0.717) is 13.0 Å². The maximum atomic E-state index is 10.9. The molecular weight excluding hydrogens is 178 g/mol. The van der Waals surface area contributed by atoms with E-state index in [-0.39, 0.29) is 17.9 Å². The average molecular weight is 201 g/mol. The van der Waals surface area contributed by atoms with E-state index < -0.39 is 0 Å². The Labute approximate surface area is 87.2 Å². The van der Waals surface area contributed by atoms with Gasteiger partial charge in [0.1, 0.15) is 6.61 Å². The summed E-state index contributed by atoms with van der Waals surface area (Å²) in [6.45, 7) is 10.1. The molecule has 0 heterocycles. The van der Waals surface area contributed by atoms with Crippen molar-refractivity contribution in [1.82, 2.24) is 5.32 Å². The molecule has 0 fully saturated rings. The summed E-state index contributed by atoms with van der Waals surface area (Å²) in [5, 5.41) is 3.36. The molecule has 0 radical (unpaired) electrons. The second-order valence-electron chi connectivity index (χ2n) is 4.48. The zero-order valence-corrected chi connectivity index (χ0v) is 9.85. The highest BCUT2D eigenvalue weighted by Crippen LogP contribution is 1.97. The Morgan fingerprint density at radius 2 is 2.00 bits per heavy atom. The smallest absolute Gasteiger partial charge is 0.158 e. The summed E-state index contributed by atoms with van der Waals surface area (Å²) in [4.78, 5) is 10.9. The number of hydrogen-bond donors (Lipinski definition) is 1. The summed E-state index contributed by atoms with van der Waals surface area (Å²) in [6, 6.07) is 0. The van der Waals surface area contributed by atoms with Crippen molar-refractivity contribution in [3.8, 4) is 0 Å². The van der Waals surface area contributed by atoms with E-state index in [1.807, 2.05) is 6.92 Å². The van der Waals surface area contributed by atoms with Crippen molar-refractivity contribution < 1.29 is 9.53 Å². The van der Waals surface area contributed by atoms with Gasteiger partial charge in [-0.3, -0.25) is 4.79 Å². The van der Waals surface area contributed by atoms with Gasteiger partial charge >= 0.3 is 0 Å². The highest BCUT2D eigenvalue weighted by atomic mass is 16.5. The maximum absolute atomic E-state index is 10.9. The molecule has 0 aromatic rings. The second kappa shape index (κ2) is 6.96. The van der Waals surface area contributed by atoms with Gasteiger partial charge in [0.15, 0.2) is 5.78 Å². The van der Waals surface area contributed by atoms with Crippen LogP contribution in [-0.4, -0.2) is 31.1 Å². The lowest BCUT2D eigenvalue weighted by Crippen LogP contribution is -2.36. The van der Waals surface area contributed by atoms with Crippen LogP contribution >= 0.6 is 0 Å². The molecule has 0 unspecified atom stereocenters. The SMILES string of the molecule is CCC(=O)COCCCNC(C)(C)C. The van der Waals surface area contributed by atoms with Crippen molar-refractivity contribution in [2.45, 2.75) is 46.1 Å². The lowest BCUT2D eigenvalue weighted by atomic mass is 10.1. The molecule has 0 aromatic heterocycles. The highest BCUT2D eigenvalue weighted by Gasteiger charge is 2.07. The lowest BCUT2D eigenvalue weighted by molar-refractivity contribution is -0.123. The van der Waals surface area contributed by atoms with Gasteiger partial charge in [-0.1, -0.05) is 6.92 Å². The van der Waals surface area contributed by atoms with Crippen molar-refractivity contribution in [1.29, 1.82) is 0 Å². The van der Waals surface area contributed by atoms with Crippen LogP contribution in [-0.2, 0) is 9.53 Å². The molecule has 0 spiro atoms. The van der Waals surface area contributed by atoms with Crippen LogP contribution in [0.4, 0.5) is 0 Å². The molecule has 0 saturated carbocycles.